The van der Waals surface area contributed by atoms with Gasteiger partial charge >= 0.3 is 12.1 Å². The highest BCUT2D eigenvalue weighted by molar-refractivity contribution is 5.92. The number of carboxylic acids is 1. The van der Waals surface area contributed by atoms with Crippen molar-refractivity contribution in [3.63, 3.8) is 0 Å². The number of rotatable bonds is 4. The van der Waals surface area contributed by atoms with Crippen LogP contribution in [0.3, 0.4) is 0 Å². The Morgan fingerprint density at radius 1 is 1.00 bits per heavy atom. The molecular weight excluding hydrogens is 362 g/mol. The summed E-state index contributed by atoms with van der Waals surface area (Å²) >= 11 is 0. The van der Waals surface area contributed by atoms with Gasteiger partial charge in [0.15, 0.2) is 5.75 Å². The summed E-state index contributed by atoms with van der Waals surface area (Å²) < 4.78 is 5.19. The zero-order chi connectivity index (χ0) is 19.9. The molecule has 1 fully saturated rings. The smallest absolute Gasteiger partial charge is 0.415 e. The van der Waals surface area contributed by atoms with Crippen molar-refractivity contribution in [2.75, 3.05) is 26.2 Å². The Labute approximate surface area is 161 Å². The van der Waals surface area contributed by atoms with Crippen molar-refractivity contribution in [2.24, 2.45) is 0 Å². The van der Waals surface area contributed by atoms with Gasteiger partial charge in [0.05, 0.1) is 11.8 Å². The predicted molar refractivity (Wildman–Crippen MR) is 101 cm³/mol. The van der Waals surface area contributed by atoms with Gasteiger partial charge in [0.2, 0.25) is 5.91 Å². The van der Waals surface area contributed by atoms with E-state index in [9.17, 15) is 14.4 Å². The Balaban J connectivity index is 1.51. The third-order valence-corrected chi connectivity index (χ3v) is 4.23. The van der Waals surface area contributed by atoms with Gasteiger partial charge in [-0.3, -0.25) is 9.78 Å². The van der Waals surface area contributed by atoms with Crippen molar-refractivity contribution in [2.45, 2.75) is 0 Å². The van der Waals surface area contributed by atoms with Crippen LogP contribution in [0, 0.1) is 0 Å². The van der Waals surface area contributed by atoms with Crippen LogP contribution in [0.4, 0.5) is 4.79 Å². The molecule has 3 rings (SSSR count). The zero-order valence-corrected chi connectivity index (χ0v) is 15.0. The van der Waals surface area contributed by atoms with Crippen molar-refractivity contribution in [3.05, 3.63) is 66.0 Å². The molecule has 0 atom stereocenters. The molecule has 2 amide bonds. The summed E-state index contributed by atoms with van der Waals surface area (Å²) in [6.07, 6.45) is 5.12. The third-order valence-electron chi connectivity index (χ3n) is 4.23. The highest BCUT2D eigenvalue weighted by Gasteiger charge is 2.24. The molecule has 1 saturated heterocycles. The normalized spacial score (nSPS) is 14.1. The highest BCUT2D eigenvalue weighted by atomic mass is 16.6. The average Bonchev–Trinajstić information content (AvgIpc) is 2.73. The maximum atomic E-state index is 12.3. The Bertz CT molecular complexity index is 890. The molecule has 1 aliphatic rings. The molecule has 1 N–H and O–H groups in total. The molecule has 1 aromatic heterocycles. The molecule has 0 unspecified atom stereocenters. The van der Waals surface area contributed by atoms with Crippen LogP contribution >= 0.6 is 0 Å². The number of piperazine rings is 1. The van der Waals surface area contributed by atoms with E-state index in [4.69, 9.17) is 9.84 Å². The van der Waals surface area contributed by atoms with Crippen LogP contribution < -0.4 is 4.74 Å². The Kier molecular flexibility index (Phi) is 6.01. The number of aromatic carboxylic acids is 1. The van der Waals surface area contributed by atoms with Crippen molar-refractivity contribution < 1.29 is 24.2 Å². The van der Waals surface area contributed by atoms with Crippen LogP contribution in [0.5, 0.6) is 5.75 Å². The maximum absolute atomic E-state index is 12.3. The predicted octanol–water partition coefficient (Wildman–Crippen LogP) is 2.14. The van der Waals surface area contributed by atoms with E-state index in [-0.39, 0.29) is 17.2 Å². The molecular formula is C20H19N3O5. The molecule has 0 saturated carbocycles. The van der Waals surface area contributed by atoms with Gasteiger partial charge in [0, 0.05) is 38.5 Å². The van der Waals surface area contributed by atoms with Crippen LogP contribution in [0.1, 0.15) is 15.9 Å². The van der Waals surface area contributed by atoms with E-state index in [1.54, 1.807) is 11.0 Å². The summed E-state index contributed by atoms with van der Waals surface area (Å²) in [6, 6.07) is 10.8. The van der Waals surface area contributed by atoms with E-state index >= 15 is 0 Å². The van der Waals surface area contributed by atoms with E-state index in [0.29, 0.717) is 26.2 Å². The lowest BCUT2D eigenvalue weighted by Gasteiger charge is -2.33. The standard InChI is InChI=1S/C20H19N3O5/c24-18(7-6-15-4-2-1-3-5-15)22-8-10-23(11-9-22)20(27)28-17-12-16(19(25)26)13-21-14-17/h1-7,12-14H,8-11H2,(H,25,26)/b7-6+. The summed E-state index contributed by atoms with van der Waals surface area (Å²) in [5.41, 5.74) is 0.876. The van der Waals surface area contributed by atoms with Crippen molar-refractivity contribution in [1.29, 1.82) is 0 Å². The van der Waals surface area contributed by atoms with E-state index in [0.717, 1.165) is 5.56 Å². The SMILES string of the molecule is O=C(O)c1cncc(OC(=O)N2CCN(C(=O)/C=C/c3ccccc3)CC2)c1. The average molecular weight is 381 g/mol. The first-order chi connectivity index (χ1) is 13.5. The lowest BCUT2D eigenvalue weighted by molar-refractivity contribution is -0.127. The van der Waals surface area contributed by atoms with Crippen LogP contribution in [-0.2, 0) is 4.79 Å². The largest absolute Gasteiger partial charge is 0.478 e. The molecule has 1 aromatic carbocycles. The number of carbonyl (C=O) groups excluding carboxylic acids is 2. The second kappa shape index (κ2) is 8.81. The van der Waals surface area contributed by atoms with Gasteiger partial charge in [-0.25, -0.2) is 9.59 Å². The number of pyridine rings is 1. The van der Waals surface area contributed by atoms with Crippen LogP contribution in [0.2, 0.25) is 0 Å². The molecule has 0 spiro atoms. The quantitative estimate of drug-likeness (QED) is 0.815. The topological polar surface area (TPSA) is 100 Å². The number of hydrogen-bond acceptors (Lipinski definition) is 5. The van der Waals surface area contributed by atoms with Crippen molar-refractivity contribution in [3.8, 4) is 5.75 Å². The number of hydrogen-bond donors (Lipinski definition) is 1. The van der Waals surface area contributed by atoms with Gasteiger partial charge in [-0.05, 0) is 17.7 Å². The second-order valence-corrected chi connectivity index (χ2v) is 6.14. The number of amides is 2. The number of carbonyl (C=O) groups is 3. The second-order valence-electron chi connectivity index (χ2n) is 6.14. The molecule has 1 aliphatic heterocycles. The molecule has 8 heteroatoms. The van der Waals surface area contributed by atoms with Gasteiger partial charge in [-0.2, -0.15) is 0 Å². The maximum Gasteiger partial charge on any atom is 0.415 e. The lowest BCUT2D eigenvalue weighted by atomic mass is 10.2. The fraction of sp³-hybridized carbons (Fsp3) is 0.200. The van der Waals surface area contributed by atoms with Gasteiger partial charge in [-0.1, -0.05) is 30.3 Å². The van der Waals surface area contributed by atoms with Crippen LogP contribution in [0.15, 0.2) is 54.9 Å². The number of nitrogens with zero attached hydrogens (tertiary/aromatic N) is 3. The zero-order valence-electron chi connectivity index (χ0n) is 15.0. The molecule has 28 heavy (non-hydrogen) atoms. The summed E-state index contributed by atoms with van der Waals surface area (Å²) in [4.78, 5) is 42.4. The van der Waals surface area contributed by atoms with E-state index in [1.165, 1.54) is 29.4 Å². The number of ether oxygens (including phenoxy) is 1. The van der Waals surface area contributed by atoms with E-state index in [1.807, 2.05) is 30.3 Å². The minimum atomic E-state index is -1.15. The van der Waals surface area contributed by atoms with E-state index < -0.39 is 12.1 Å². The Hall–Kier alpha value is -3.68. The van der Waals surface area contributed by atoms with Crippen LogP contribution in [0.25, 0.3) is 6.08 Å². The van der Waals surface area contributed by atoms with Crippen molar-refractivity contribution >= 4 is 24.0 Å². The Morgan fingerprint density at radius 2 is 1.68 bits per heavy atom. The van der Waals surface area contributed by atoms with Crippen LogP contribution in [-0.4, -0.2) is 64.0 Å². The van der Waals surface area contributed by atoms with Gasteiger partial charge in [-0.15, -0.1) is 0 Å². The summed E-state index contributed by atoms with van der Waals surface area (Å²) in [6.45, 7) is 1.44. The fourth-order valence-corrected chi connectivity index (χ4v) is 2.70. The number of benzene rings is 1. The molecule has 0 aliphatic carbocycles. The first kappa shape index (κ1) is 19.1. The van der Waals surface area contributed by atoms with Gasteiger partial charge < -0.3 is 19.6 Å². The monoisotopic (exact) mass is 381 g/mol. The van der Waals surface area contributed by atoms with E-state index in [2.05, 4.69) is 4.98 Å². The Morgan fingerprint density at radius 3 is 2.36 bits per heavy atom. The summed E-state index contributed by atoms with van der Waals surface area (Å²) in [5, 5.41) is 8.96. The number of carboxylic acid groups (broad SMARTS) is 1. The molecule has 2 aromatic rings. The minimum Gasteiger partial charge on any atom is -0.478 e. The third kappa shape index (κ3) is 4.94. The molecule has 0 bridgehead atoms. The lowest BCUT2D eigenvalue weighted by Crippen LogP contribution is -2.51. The summed E-state index contributed by atoms with van der Waals surface area (Å²) in [7, 11) is 0. The molecule has 2 heterocycles. The molecule has 8 nitrogen and oxygen atoms in total. The minimum absolute atomic E-state index is 0.0640. The van der Waals surface area contributed by atoms with Crippen molar-refractivity contribution in [1.82, 2.24) is 14.8 Å². The fourth-order valence-electron chi connectivity index (χ4n) is 2.70. The summed E-state index contributed by atoms with van der Waals surface area (Å²) in [5.74, 6) is -1.20. The van der Waals surface area contributed by atoms with Gasteiger partial charge in [0.25, 0.3) is 0 Å². The molecule has 0 radical (unpaired) electrons. The first-order valence-corrected chi connectivity index (χ1v) is 8.70. The highest BCUT2D eigenvalue weighted by Crippen LogP contribution is 2.14. The van der Waals surface area contributed by atoms with Gasteiger partial charge in [0.1, 0.15) is 0 Å². The number of aromatic nitrogens is 1. The molecule has 144 valence electrons. The first-order valence-electron chi connectivity index (χ1n) is 8.70.